The number of dihydropyridines is 1. The van der Waals surface area contributed by atoms with Crippen molar-refractivity contribution >= 4 is 35.1 Å². The van der Waals surface area contributed by atoms with Crippen molar-refractivity contribution in [2.24, 2.45) is 0 Å². The van der Waals surface area contributed by atoms with Gasteiger partial charge in [-0.05, 0) is 50.6 Å². The molecule has 35 heavy (non-hydrogen) atoms. The fourth-order valence-electron chi connectivity index (χ4n) is 3.81. The lowest BCUT2D eigenvalue weighted by molar-refractivity contribution is -0.384. The lowest BCUT2D eigenvalue weighted by Crippen LogP contribution is -2.34. The number of hydrogen-bond acceptors (Lipinski definition) is 9. The largest absolute Gasteiger partial charge is 0.463 e. The maximum absolute atomic E-state index is 13.2. The molecule has 2 aromatic carbocycles. The first kappa shape index (κ1) is 25.8. The van der Waals surface area contributed by atoms with Gasteiger partial charge in [0, 0.05) is 39.9 Å². The number of non-ortho nitro benzene ring substituents is 1. The molecule has 1 aliphatic heterocycles. The second kappa shape index (κ2) is 11.6. The topological polar surface area (TPSA) is 134 Å². The van der Waals surface area contributed by atoms with E-state index >= 15 is 0 Å². The van der Waals surface area contributed by atoms with Crippen LogP contribution in [0.5, 0.6) is 0 Å². The Morgan fingerprint density at radius 2 is 1.69 bits per heavy atom. The number of carbonyl (C=O) groups is 2. The minimum Gasteiger partial charge on any atom is -0.463 e. The highest BCUT2D eigenvalue weighted by molar-refractivity contribution is 7.99. The normalized spacial score (nSPS) is 15.5. The number of anilines is 1. The second-order valence-corrected chi connectivity index (χ2v) is 8.69. The fraction of sp³-hybridized carbons (Fsp3) is 0.280. The number of nitro groups is 1. The van der Waals surface area contributed by atoms with Crippen LogP contribution >= 0.6 is 11.8 Å². The second-order valence-electron chi connectivity index (χ2n) is 7.64. The molecule has 10 heteroatoms. The molecule has 0 saturated carbocycles. The molecule has 3 N–H and O–H groups in total. The Labute approximate surface area is 207 Å². The van der Waals surface area contributed by atoms with Crippen molar-refractivity contribution in [1.82, 2.24) is 5.32 Å². The van der Waals surface area contributed by atoms with Gasteiger partial charge in [-0.25, -0.2) is 9.59 Å². The predicted octanol–water partition coefficient (Wildman–Crippen LogP) is 4.31. The van der Waals surface area contributed by atoms with Gasteiger partial charge in [0.2, 0.25) is 0 Å². The number of hydrogen-bond donors (Lipinski definition) is 2. The molecule has 9 nitrogen and oxygen atoms in total. The average molecular weight is 498 g/mol. The Morgan fingerprint density at radius 1 is 1.06 bits per heavy atom. The van der Waals surface area contributed by atoms with Gasteiger partial charge >= 0.3 is 11.9 Å². The molecule has 1 aliphatic rings. The lowest BCUT2D eigenvalue weighted by atomic mass is 9.80. The predicted molar refractivity (Wildman–Crippen MR) is 134 cm³/mol. The van der Waals surface area contributed by atoms with Crippen molar-refractivity contribution in [1.29, 1.82) is 0 Å². The summed E-state index contributed by atoms with van der Waals surface area (Å²) in [6.07, 6.45) is 0. The molecule has 1 heterocycles. The molecule has 2 aromatic rings. The van der Waals surface area contributed by atoms with Crippen molar-refractivity contribution < 1.29 is 24.0 Å². The fourth-order valence-corrected chi connectivity index (χ4v) is 4.68. The Morgan fingerprint density at radius 3 is 2.29 bits per heavy atom. The van der Waals surface area contributed by atoms with Gasteiger partial charge in [0.05, 0.1) is 35.2 Å². The van der Waals surface area contributed by atoms with Crippen LogP contribution in [0.15, 0.2) is 76.0 Å². The highest BCUT2D eigenvalue weighted by Crippen LogP contribution is 2.41. The Hall–Kier alpha value is -3.79. The first-order valence-corrected chi connectivity index (χ1v) is 12.0. The van der Waals surface area contributed by atoms with Crippen LogP contribution in [0.4, 0.5) is 11.4 Å². The summed E-state index contributed by atoms with van der Waals surface area (Å²) in [6, 6.07) is 13.2. The van der Waals surface area contributed by atoms with Gasteiger partial charge in [-0.2, -0.15) is 0 Å². The van der Waals surface area contributed by atoms with Crippen molar-refractivity contribution in [2.75, 3.05) is 24.7 Å². The van der Waals surface area contributed by atoms with Crippen molar-refractivity contribution in [3.63, 3.8) is 0 Å². The highest BCUT2D eigenvalue weighted by atomic mass is 32.2. The van der Waals surface area contributed by atoms with E-state index in [-0.39, 0.29) is 30.0 Å². The summed E-state index contributed by atoms with van der Waals surface area (Å²) in [5.74, 6) is -1.77. The Bertz CT molecular complexity index is 1190. The first-order valence-electron chi connectivity index (χ1n) is 11.0. The molecule has 0 aromatic heterocycles. The number of esters is 2. The third-order valence-corrected chi connectivity index (χ3v) is 6.35. The number of ether oxygens (including phenoxy) is 2. The number of nitro benzene ring substituents is 1. The first-order chi connectivity index (χ1) is 16.8. The maximum Gasteiger partial charge on any atom is 0.336 e. The van der Waals surface area contributed by atoms with Crippen LogP contribution in [0.3, 0.4) is 0 Å². The van der Waals surface area contributed by atoms with E-state index in [0.717, 1.165) is 4.90 Å². The summed E-state index contributed by atoms with van der Waals surface area (Å²) in [6.45, 7) is 5.35. The van der Waals surface area contributed by atoms with Crippen LogP contribution < -0.4 is 11.1 Å². The van der Waals surface area contributed by atoms with Gasteiger partial charge < -0.3 is 20.5 Å². The Kier molecular flexibility index (Phi) is 8.53. The molecule has 3 rings (SSSR count). The van der Waals surface area contributed by atoms with Gasteiger partial charge in [0.15, 0.2) is 0 Å². The molecule has 0 spiro atoms. The molecule has 1 unspecified atom stereocenters. The van der Waals surface area contributed by atoms with Gasteiger partial charge in [-0.3, -0.25) is 10.1 Å². The van der Waals surface area contributed by atoms with E-state index in [9.17, 15) is 19.7 Å². The van der Waals surface area contributed by atoms with Crippen LogP contribution in [0, 0.1) is 10.1 Å². The van der Waals surface area contributed by atoms with Crippen LogP contribution in [-0.4, -0.2) is 35.8 Å². The molecule has 0 radical (unpaired) electrons. The molecule has 1 atom stereocenters. The quantitative estimate of drug-likeness (QED) is 0.171. The molecule has 0 aliphatic carbocycles. The number of benzene rings is 2. The Balaban J connectivity index is 2.15. The summed E-state index contributed by atoms with van der Waals surface area (Å²) >= 11 is 1.47. The van der Waals surface area contributed by atoms with Gasteiger partial charge in [-0.1, -0.05) is 12.1 Å². The number of thioether (sulfide) groups is 1. The molecule has 0 saturated heterocycles. The summed E-state index contributed by atoms with van der Waals surface area (Å²) in [5, 5.41) is 14.6. The summed E-state index contributed by atoms with van der Waals surface area (Å²) in [5.41, 5.74) is 8.15. The summed E-state index contributed by atoms with van der Waals surface area (Å²) < 4.78 is 10.6. The molecule has 0 bridgehead atoms. The highest BCUT2D eigenvalue weighted by Gasteiger charge is 2.39. The number of carbonyl (C=O) groups excluding carboxylic acids is 2. The van der Waals surface area contributed by atoms with Crippen molar-refractivity contribution in [2.45, 2.75) is 31.6 Å². The van der Waals surface area contributed by atoms with Gasteiger partial charge in [0.1, 0.15) is 0 Å². The van der Waals surface area contributed by atoms with Gasteiger partial charge in [0.25, 0.3) is 5.69 Å². The van der Waals surface area contributed by atoms with Crippen molar-refractivity contribution in [3.05, 3.63) is 86.7 Å². The van der Waals surface area contributed by atoms with E-state index in [2.05, 4.69) is 5.32 Å². The van der Waals surface area contributed by atoms with E-state index < -0.39 is 22.8 Å². The summed E-state index contributed by atoms with van der Waals surface area (Å²) in [7, 11) is 0. The van der Waals surface area contributed by atoms with Crippen LogP contribution in [0.1, 0.15) is 32.3 Å². The van der Waals surface area contributed by atoms with Crippen LogP contribution in [0.25, 0.3) is 0 Å². The molecular formula is C25H27N3O6S. The van der Waals surface area contributed by atoms with E-state index in [0.29, 0.717) is 28.4 Å². The average Bonchev–Trinajstić information content (AvgIpc) is 2.83. The number of nitrogens with one attached hydrogen (secondary N) is 1. The minimum atomic E-state index is -0.906. The van der Waals surface area contributed by atoms with E-state index in [4.69, 9.17) is 15.2 Å². The monoisotopic (exact) mass is 497 g/mol. The lowest BCUT2D eigenvalue weighted by Gasteiger charge is -2.31. The molecular weight excluding hydrogens is 470 g/mol. The zero-order chi connectivity index (χ0) is 25.5. The number of nitrogens with two attached hydrogens (primary N) is 1. The molecule has 0 amide bonds. The van der Waals surface area contributed by atoms with Crippen molar-refractivity contribution in [3.8, 4) is 0 Å². The van der Waals surface area contributed by atoms with Gasteiger partial charge in [-0.15, -0.1) is 11.8 Å². The third kappa shape index (κ3) is 6.02. The number of nitrogens with zero attached hydrogens (tertiary/aromatic N) is 1. The number of allylic oxidation sites excluding steroid dienone is 1. The van der Waals surface area contributed by atoms with Crippen LogP contribution in [-0.2, 0) is 19.1 Å². The standard InChI is InChI=1S/C25H27N3O6S/c1-4-33-24(29)21-15(3)27-20(14-35-19-11-9-17(26)10-12-19)23(25(30)34-5-2)22(21)16-7-6-8-18(13-16)28(31)32/h6-13,22,27H,4-5,14,26H2,1-3H3. The van der Waals surface area contributed by atoms with E-state index in [1.54, 1.807) is 39.0 Å². The third-order valence-electron chi connectivity index (χ3n) is 5.31. The zero-order valence-corrected chi connectivity index (χ0v) is 20.5. The number of rotatable bonds is 9. The van der Waals surface area contributed by atoms with E-state index in [1.807, 2.05) is 12.1 Å². The van der Waals surface area contributed by atoms with Crippen LogP contribution in [0.2, 0.25) is 0 Å². The number of nitrogen functional groups attached to an aromatic ring is 1. The molecule has 0 fully saturated rings. The maximum atomic E-state index is 13.2. The van der Waals surface area contributed by atoms with E-state index in [1.165, 1.54) is 30.0 Å². The smallest absolute Gasteiger partial charge is 0.336 e. The SMILES string of the molecule is CCOC(=O)C1=C(C)NC(CSc2ccc(N)cc2)=C(C(=O)OCC)C1c1cccc([N+](=O)[O-])c1. The summed E-state index contributed by atoms with van der Waals surface area (Å²) in [4.78, 5) is 38.1. The zero-order valence-electron chi connectivity index (χ0n) is 19.7. The molecule has 184 valence electrons. The minimum absolute atomic E-state index is 0.125.